The van der Waals surface area contributed by atoms with Gasteiger partial charge in [-0.05, 0) is 25.0 Å². The number of nitrogens with one attached hydrogen (secondary N) is 1. The van der Waals surface area contributed by atoms with E-state index in [0.717, 1.165) is 5.76 Å². The fourth-order valence-electron chi connectivity index (χ4n) is 1.78. The zero-order valence-corrected chi connectivity index (χ0v) is 9.89. The lowest BCUT2D eigenvalue weighted by Crippen LogP contribution is -2.38. The Morgan fingerprint density at radius 3 is 3.06 bits per heavy atom. The second-order valence-electron chi connectivity index (χ2n) is 4.31. The molecule has 1 aromatic heterocycles. The third kappa shape index (κ3) is 3.75. The summed E-state index contributed by atoms with van der Waals surface area (Å²) in [5.74, 6) is 0.955. The van der Waals surface area contributed by atoms with E-state index in [2.05, 4.69) is 16.8 Å². The van der Waals surface area contributed by atoms with E-state index in [0.29, 0.717) is 25.7 Å². The van der Waals surface area contributed by atoms with E-state index < -0.39 is 0 Å². The molecule has 92 valence electrons. The molecule has 0 atom stereocenters. The third-order valence-electron chi connectivity index (χ3n) is 2.79. The zero-order valence-electron chi connectivity index (χ0n) is 9.89. The molecule has 1 fully saturated rings. The van der Waals surface area contributed by atoms with E-state index in [1.165, 1.54) is 12.8 Å². The molecule has 0 unspecified atom stereocenters. The minimum Gasteiger partial charge on any atom is -0.468 e. The SMILES string of the molecule is C=CCNC(=O)CN(Cc1ccco1)C1CC1. The molecule has 17 heavy (non-hydrogen) atoms. The summed E-state index contributed by atoms with van der Waals surface area (Å²) in [4.78, 5) is 13.8. The van der Waals surface area contributed by atoms with Crippen molar-refractivity contribution in [1.29, 1.82) is 0 Å². The van der Waals surface area contributed by atoms with Gasteiger partial charge < -0.3 is 9.73 Å². The van der Waals surface area contributed by atoms with E-state index >= 15 is 0 Å². The van der Waals surface area contributed by atoms with Crippen molar-refractivity contribution in [3.8, 4) is 0 Å². The Morgan fingerprint density at radius 1 is 1.65 bits per heavy atom. The predicted molar refractivity (Wildman–Crippen MR) is 65.3 cm³/mol. The van der Waals surface area contributed by atoms with Crippen LogP contribution in [-0.2, 0) is 11.3 Å². The third-order valence-corrected chi connectivity index (χ3v) is 2.79. The van der Waals surface area contributed by atoms with Gasteiger partial charge in [-0.1, -0.05) is 6.08 Å². The lowest BCUT2D eigenvalue weighted by Gasteiger charge is -2.19. The van der Waals surface area contributed by atoms with E-state index in [-0.39, 0.29) is 5.91 Å². The first-order chi connectivity index (χ1) is 8.29. The molecule has 4 heteroatoms. The van der Waals surface area contributed by atoms with E-state index in [4.69, 9.17) is 4.42 Å². The van der Waals surface area contributed by atoms with Crippen molar-refractivity contribution >= 4 is 5.91 Å². The topological polar surface area (TPSA) is 45.5 Å². The van der Waals surface area contributed by atoms with Crippen LogP contribution in [0, 0.1) is 0 Å². The maximum absolute atomic E-state index is 11.6. The van der Waals surface area contributed by atoms with Crippen LogP contribution in [-0.4, -0.2) is 29.9 Å². The molecular weight excluding hydrogens is 216 g/mol. The Labute approximate surface area is 101 Å². The lowest BCUT2D eigenvalue weighted by atomic mass is 10.3. The van der Waals surface area contributed by atoms with Gasteiger partial charge in [0.05, 0.1) is 19.4 Å². The number of carbonyl (C=O) groups is 1. The number of amides is 1. The minimum absolute atomic E-state index is 0.0448. The maximum Gasteiger partial charge on any atom is 0.234 e. The van der Waals surface area contributed by atoms with Gasteiger partial charge in [0.2, 0.25) is 5.91 Å². The number of nitrogens with zero attached hydrogens (tertiary/aromatic N) is 1. The summed E-state index contributed by atoms with van der Waals surface area (Å²) >= 11 is 0. The van der Waals surface area contributed by atoms with Gasteiger partial charge in [0, 0.05) is 12.6 Å². The first-order valence-electron chi connectivity index (χ1n) is 5.93. The molecule has 0 aliphatic heterocycles. The summed E-state index contributed by atoms with van der Waals surface area (Å²) in [6.45, 7) is 5.24. The van der Waals surface area contributed by atoms with Crippen LogP contribution in [0.2, 0.25) is 0 Å². The van der Waals surface area contributed by atoms with Gasteiger partial charge in [0.25, 0.3) is 0 Å². The fraction of sp³-hybridized carbons (Fsp3) is 0.462. The number of hydrogen-bond donors (Lipinski definition) is 1. The van der Waals surface area contributed by atoms with E-state index in [9.17, 15) is 4.79 Å². The molecule has 0 radical (unpaired) electrons. The molecule has 2 rings (SSSR count). The summed E-state index contributed by atoms with van der Waals surface area (Å²) in [6.07, 6.45) is 5.70. The Morgan fingerprint density at radius 2 is 2.47 bits per heavy atom. The summed E-state index contributed by atoms with van der Waals surface area (Å²) in [5.41, 5.74) is 0. The summed E-state index contributed by atoms with van der Waals surface area (Å²) < 4.78 is 5.32. The van der Waals surface area contributed by atoms with Gasteiger partial charge in [-0.2, -0.15) is 0 Å². The summed E-state index contributed by atoms with van der Waals surface area (Å²) in [5, 5.41) is 2.80. The summed E-state index contributed by atoms with van der Waals surface area (Å²) in [7, 11) is 0. The van der Waals surface area contributed by atoms with Crippen molar-refractivity contribution in [3.05, 3.63) is 36.8 Å². The second kappa shape index (κ2) is 5.68. The highest BCUT2D eigenvalue weighted by Gasteiger charge is 2.30. The Kier molecular flexibility index (Phi) is 3.98. The normalized spacial score (nSPS) is 14.9. The highest BCUT2D eigenvalue weighted by atomic mass is 16.3. The number of hydrogen-bond acceptors (Lipinski definition) is 3. The minimum atomic E-state index is 0.0448. The van der Waals surface area contributed by atoms with Gasteiger partial charge >= 0.3 is 0 Å². The van der Waals surface area contributed by atoms with Crippen molar-refractivity contribution in [2.45, 2.75) is 25.4 Å². The average Bonchev–Trinajstić information content (AvgIpc) is 3.05. The van der Waals surface area contributed by atoms with E-state index in [1.807, 2.05) is 12.1 Å². The maximum atomic E-state index is 11.6. The van der Waals surface area contributed by atoms with Crippen molar-refractivity contribution in [1.82, 2.24) is 10.2 Å². The molecule has 0 bridgehead atoms. The van der Waals surface area contributed by atoms with Crippen LogP contribution in [0.5, 0.6) is 0 Å². The smallest absolute Gasteiger partial charge is 0.234 e. The van der Waals surface area contributed by atoms with Crippen LogP contribution in [0.4, 0.5) is 0 Å². The van der Waals surface area contributed by atoms with Crippen LogP contribution < -0.4 is 5.32 Å². The zero-order chi connectivity index (χ0) is 12.1. The molecule has 1 amide bonds. The molecule has 1 heterocycles. The molecule has 1 aromatic rings. The van der Waals surface area contributed by atoms with Gasteiger partial charge in [-0.25, -0.2) is 0 Å². The molecule has 1 N–H and O–H groups in total. The number of rotatable bonds is 7. The van der Waals surface area contributed by atoms with E-state index in [1.54, 1.807) is 12.3 Å². The van der Waals surface area contributed by atoms with Crippen LogP contribution in [0.3, 0.4) is 0 Å². The average molecular weight is 234 g/mol. The molecule has 1 saturated carbocycles. The quantitative estimate of drug-likeness (QED) is 0.728. The van der Waals surface area contributed by atoms with Crippen LogP contribution in [0.25, 0.3) is 0 Å². The predicted octanol–water partition coefficient (Wildman–Crippen LogP) is 1.55. The van der Waals surface area contributed by atoms with Crippen LogP contribution >= 0.6 is 0 Å². The second-order valence-corrected chi connectivity index (χ2v) is 4.31. The number of carbonyl (C=O) groups excluding carboxylic acids is 1. The Bertz CT molecular complexity index is 369. The standard InChI is InChI=1S/C13H18N2O2/c1-2-7-14-13(16)10-15(11-5-6-11)9-12-4-3-8-17-12/h2-4,8,11H,1,5-7,9-10H2,(H,14,16). The van der Waals surface area contributed by atoms with Gasteiger partial charge in [0.15, 0.2) is 0 Å². The number of furan rings is 1. The fourth-order valence-corrected chi connectivity index (χ4v) is 1.78. The monoisotopic (exact) mass is 234 g/mol. The summed E-state index contributed by atoms with van der Waals surface area (Å²) in [6, 6.07) is 4.35. The highest BCUT2D eigenvalue weighted by molar-refractivity contribution is 5.78. The molecular formula is C13H18N2O2. The molecule has 1 aliphatic rings. The van der Waals surface area contributed by atoms with Gasteiger partial charge in [-0.15, -0.1) is 6.58 Å². The highest BCUT2D eigenvalue weighted by Crippen LogP contribution is 2.28. The molecule has 4 nitrogen and oxygen atoms in total. The lowest BCUT2D eigenvalue weighted by molar-refractivity contribution is -0.122. The van der Waals surface area contributed by atoms with Gasteiger partial charge in [-0.3, -0.25) is 9.69 Å². The first-order valence-corrected chi connectivity index (χ1v) is 5.93. The molecule has 0 spiro atoms. The first kappa shape index (κ1) is 11.9. The molecule has 0 aromatic carbocycles. The molecule has 1 aliphatic carbocycles. The van der Waals surface area contributed by atoms with Crippen molar-refractivity contribution < 1.29 is 9.21 Å². The Hall–Kier alpha value is -1.55. The van der Waals surface area contributed by atoms with Crippen molar-refractivity contribution in [2.75, 3.05) is 13.1 Å². The van der Waals surface area contributed by atoms with Gasteiger partial charge in [0.1, 0.15) is 5.76 Å². The van der Waals surface area contributed by atoms with Crippen molar-refractivity contribution in [2.24, 2.45) is 0 Å². The molecule has 0 saturated heterocycles. The van der Waals surface area contributed by atoms with Crippen LogP contribution in [0.1, 0.15) is 18.6 Å². The van der Waals surface area contributed by atoms with Crippen LogP contribution in [0.15, 0.2) is 35.5 Å². The Balaban J connectivity index is 1.84. The largest absolute Gasteiger partial charge is 0.468 e. The van der Waals surface area contributed by atoms with Crippen molar-refractivity contribution in [3.63, 3.8) is 0 Å².